The number of hydrogen-bond donors (Lipinski definition) is 2. The number of nitrogens with one attached hydrogen (secondary N) is 2. The summed E-state index contributed by atoms with van der Waals surface area (Å²) < 4.78 is 40.1. The lowest BCUT2D eigenvalue weighted by Gasteiger charge is -2.18. The molecule has 2 N–H and O–H groups in total. The summed E-state index contributed by atoms with van der Waals surface area (Å²) in [5.41, 5.74) is 3.36. The van der Waals surface area contributed by atoms with Crippen LogP contribution < -0.4 is 19.5 Å². The highest BCUT2D eigenvalue weighted by atomic mass is 32.2. The monoisotopic (exact) mass is 558 g/mol. The van der Waals surface area contributed by atoms with Crippen molar-refractivity contribution in [2.45, 2.75) is 51.2 Å². The number of hydrogen-bond acceptors (Lipinski definition) is 7. The number of carbonyl (C=O) groups excluding carboxylic acids is 1. The molecule has 0 bridgehead atoms. The molecule has 5 rings (SSSR count). The van der Waals surface area contributed by atoms with E-state index in [2.05, 4.69) is 39.9 Å². The minimum Gasteiger partial charge on any atom is -0.485 e. The molecule has 0 radical (unpaired) electrons. The van der Waals surface area contributed by atoms with Gasteiger partial charge in [0.05, 0.1) is 4.90 Å². The van der Waals surface area contributed by atoms with Gasteiger partial charge in [0, 0.05) is 35.0 Å². The second-order valence-electron chi connectivity index (χ2n) is 10.3. The second kappa shape index (κ2) is 10.6. The van der Waals surface area contributed by atoms with Crippen LogP contribution in [0.4, 0.5) is 11.5 Å². The Morgan fingerprint density at radius 3 is 2.42 bits per heavy atom. The molecule has 1 aliphatic rings. The Balaban J connectivity index is 1.18. The zero-order chi connectivity index (χ0) is 28.5. The first-order valence-electron chi connectivity index (χ1n) is 12.8. The molecule has 4 aromatic rings. The van der Waals surface area contributed by atoms with Gasteiger partial charge in [-0.25, -0.2) is 18.4 Å². The number of anilines is 2. The summed E-state index contributed by atoms with van der Waals surface area (Å²) in [6, 6.07) is 20.5. The van der Waals surface area contributed by atoms with Crippen LogP contribution in [0.25, 0.3) is 0 Å². The summed E-state index contributed by atoms with van der Waals surface area (Å²) >= 11 is 0. The number of carbonyl (C=O) groups is 1. The number of aromatic nitrogens is 2. The number of nitrogens with zero attached hydrogens (tertiary/aromatic N) is 2. The summed E-state index contributed by atoms with van der Waals surface area (Å²) in [6.07, 6.45) is 0.835. The van der Waals surface area contributed by atoms with Gasteiger partial charge in [-0.05, 0) is 75.7 Å². The minimum absolute atomic E-state index is 0.0433. The van der Waals surface area contributed by atoms with Gasteiger partial charge in [-0.1, -0.05) is 24.3 Å². The van der Waals surface area contributed by atoms with Gasteiger partial charge in [0.25, 0.3) is 15.9 Å². The SMILES string of the molecule is Cc1cc(NS(=O)(=O)c2ccc(NC(=O)c3ccc(COc4cccc5c4OC(C)(C)C5)cc3)cc2)nc(C)n1. The average Bonchev–Trinajstić information content (AvgIpc) is 3.21. The van der Waals surface area contributed by atoms with E-state index < -0.39 is 10.0 Å². The molecule has 0 atom stereocenters. The van der Waals surface area contributed by atoms with Crippen molar-refractivity contribution >= 4 is 27.4 Å². The van der Waals surface area contributed by atoms with E-state index in [0.29, 0.717) is 35.1 Å². The molecule has 9 nitrogen and oxygen atoms in total. The van der Waals surface area contributed by atoms with Gasteiger partial charge in [-0.3, -0.25) is 9.52 Å². The number of amides is 1. The molecule has 0 unspecified atom stereocenters. The molecule has 0 saturated heterocycles. The molecule has 1 aromatic heterocycles. The molecule has 10 heteroatoms. The van der Waals surface area contributed by atoms with Crippen LogP contribution in [0.1, 0.15) is 46.9 Å². The van der Waals surface area contributed by atoms with Crippen LogP contribution in [0, 0.1) is 13.8 Å². The van der Waals surface area contributed by atoms with Crippen molar-refractivity contribution in [3.63, 3.8) is 0 Å². The summed E-state index contributed by atoms with van der Waals surface area (Å²) in [6.45, 7) is 7.89. The number of sulfonamides is 1. The summed E-state index contributed by atoms with van der Waals surface area (Å²) in [5, 5.41) is 2.79. The van der Waals surface area contributed by atoms with Crippen molar-refractivity contribution in [3.8, 4) is 11.5 Å². The number of aryl methyl sites for hydroxylation is 2. The molecule has 1 aliphatic heterocycles. The van der Waals surface area contributed by atoms with E-state index in [1.165, 1.54) is 24.3 Å². The predicted octanol–water partition coefficient (Wildman–Crippen LogP) is 5.44. The maximum atomic E-state index is 12.8. The lowest BCUT2D eigenvalue weighted by Crippen LogP contribution is -2.24. The van der Waals surface area contributed by atoms with Gasteiger partial charge in [0.1, 0.15) is 23.9 Å². The smallest absolute Gasteiger partial charge is 0.263 e. The van der Waals surface area contributed by atoms with Crippen LogP contribution >= 0.6 is 0 Å². The number of rotatable bonds is 8. The number of benzene rings is 3. The van der Waals surface area contributed by atoms with Gasteiger partial charge in [-0.2, -0.15) is 0 Å². The first kappa shape index (κ1) is 27.1. The highest BCUT2D eigenvalue weighted by molar-refractivity contribution is 7.92. The Morgan fingerprint density at radius 2 is 1.73 bits per heavy atom. The third kappa shape index (κ3) is 6.23. The largest absolute Gasteiger partial charge is 0.485 e. The van der Waals surface area contributed by atoms with E-state index in [1.807, 2.05) is 24.3 Å². The van der Waals surface area contributed by atoms with Crippen LogP contribution in [-0.4, -0.2) is 29.9 Å². The van der Waals surface area contributed by atoms with Gasteiger partial charge in [0.2, 0.25) is 0 Å². The van der Waals surface area contributed by atoms with Gasteiger partial charge in [0.15, 0.2) is 11.5 Å². The Morgan fingerprint density at radius 1 is 1.00 bits per heavy atom. The molecule has 2 heterocycles. The van der Waals surface area contributed by atoms with E-state index in [1.54, 1.807) is 32.0 Å². The third-order valence-electron chi connectivity index (χ3n) is 6.29. The first-order chi connectivity index (χ1) is 19.0. The summed E-state index contributed by atoms with van der Waals surface area (Å²) in [7, 11) is -3.86. The van der Waals surface area contributed by atoms with Crippen molar-refractivity contribution in [3.05, 3.63) is 101 Å². The Bertz CT molecular complexity index is 1650. The topological polar surface area (TPSA) is 120 Å². The van der Waals surface area contributed by atoms with E-state index in [9.17, 15) is 13.2 Å². The number of fused-ring (bicyclic) bond motifs is 1. The van der Waals surface area contributed by atoms with Crippen molar-refractivity contribution in [2.24, 2.45) is 0 Å². The molecule has 3 aromatic carbocycles. The lowest BCUT2D eigenvalue weighted by atomic mass is 10.0. The Kier molecular flexibility index (Phi) is 7.20. The van der Waals surface area contributed by atoms with Crippen LogP contribution in [-0.2, 0) is 23.1 Å². The lowest BCUT2D eigenvalue weighted by molar-refractivity contribution is 0.102. The van der Waals surface area contributed by atoms with Crippen LogP contribution in [0.15, 0.2) is 77.7 Å². The zero-order valence-corrected chi connectivity index (χ0v) is 23.5. The maximum Gasteiger partial charge on any atom is 0.263 e. The van der Waals surface area contributed by atoms with Gasteiger partial charge in [-0.15, -0.1) is 0 Å². The standard InChI is InChI=1S/C30H30N4O5S/c1-19-16-27(32-20(2)31-19)34-40(36,37)25-14-12-24(13-15-25)33-29(35)22-10-8-21(9-11-22)18-38-26-7-5-6-23-17-30(3,4)39-28(23)26/h5-16H,17-18H2,1-4H3,(H,33,35)(H,31,32,34). The van der Waals surface area contributed by atoms with Gasteiger partial charge >= 0.3 is 0 Å². The molecule has 1 amide bonds. The quantitative estimate of drug-likeness (QED) is 0.296. The fourth-order valence-electron chi connectivity index (χ4n) is 4.50. The molecule has 0 saturated carbocycles. The fourth-order valence-corrected chi connectivity index (χ4v) is 5.49. The predicted molar refractivity (Wildman–Crippen MR) is 152 cm³/mol. The highest BCUT2D eigenvalue weighted by Crippen LogP contribution is 2.42. The molecule has 0 fully saturated rings. The van der Waals surface area contributed by atoms with E-state index >= 15 is 0 Å². The molecular formula is C30H30N4O5S. The van der Waals surface area contributed by atoms with Gasteiger partial charge < -0.3 is 14.8 Å². The molecule has 0 spiro atoms. The Labute approximate surface area is 233 Å². The summed E-state index contributed by atoms with van der Waals surface area (Å²) in [5.74, 6) is 1.84. The fraction of sp³-hybridized carbons (Fsp3) is 0.233. The Hall–Kier alpha value is -4.44. The van der Waals surface area contributed by atoms with E-state index in [0.717, 1.165) is 23.3 Å². The highest BCUT2D eigenvalue weighted by Gasteiger charge is 2.32. The van der Waals surface area contributed by atoms with Crippen LogP contribution in [0.5, 0.6) is 11.5 Å². The van der Waals surface area contributed by atoms with Crippen molar-refractivity contribution < 1.29 is 22.7 Å². The molecule has 40 heavy (non-hydrogen) atoms. The van der Waals surface area contributed by atoms with Crippen LogP contribution in [0.2, 0.25) is 0 Å². The van der Waals surface area contributed by atoms with E-state index in [4.69, 9.17) is 9.47 Å². The molecular weight excluding hydrogens is 528 g/mol. The van der Waals surface area contributed by atoms with Crippen molar-refractivity contribution in [2.75, 3.05) is 10.0 Å². The molecule has 206 valence electrons. The number of para-hydroxylation sites is 1. The van der Waals surface area contributed by atoms with Crippen LogP contribution in [0.3, 0.4) is 0 Å². The average molecular weight is 559 g/mol. The maximum absolute atomic E-state index is 12.8. The summed E-state index contributed by atoms with van der Waals surface area (Å²) in [4.78, 5) is 21.1. The first-order valence-corrected chi connectivity index (χ1v) is 14.2. The van der Waals surface area contributed by atoms with Crippen molar-refractivity contribution in [1.82, 2.24) is 9.97 Å². The zero-order valence-electron chi connectivity index (χ0n) is 22.7. The van der Waals surface area contributed by atoms with Crippen molar-refractivity contribution in [1.29, 1.82) is 0 Å². The second-order valence-corrected chi connectivity index (χ2v) is 12.0. The number of ether oxygens (including phenoxy) is 2. The third-order valence-corrected chi connectivity index (χ3v) is 7.66. The normalized spacial score (nSPS) is 13.7. The minimum atomic E-state index is -3.86. The molecule has 0 aliphatic carbocycles. The van der Waals surface area contributed by atoms with E-state index in [-0.39, 0.29) is 22.2 Å².